The van der Waals surface area contributed by atoms with Crippen molar-refractivity contribution in [3.05, 3.63) is 29.8 Å². The molecule has 0 amide bonds. The van der Waals surface area contributed by atoms with Gasteiger partial charge in [0.05, 0.1) is 18.1 Å². The largest absolute Gasteiger partial charge is 0.493 e. The molecule has 0 heterocycles. The summed E-state index contributed by atoms with van der Waals surface area (Å²) in [4.78, 5) is 0. The van der Waals surface area contributed by atoms with Crippen LogP contribution in [-0.4, -0.2) is 19.3 Å². The van der Waals surface area contributed by atoms with Crippen LogP contribution < -0.4 is 4.74 Å². The van der Waals surface area contributed by atoms with Crippen molar-refractivity contribution < 1.29 is 9.47 Å². The third kappa shape index (κ3) is 4.03. The maximum absolute atomic E-state index is 5.82. The first-order chi connectivity index (χ1) is 7.59. The third-order valence-electron chi connectivity index (χ3n) is 2.63. The number of hydrogen-bond acceptors (Lipinski definition) is 2. The summed E-state index contributed by atoms with van der Waals surface area (Å²) in [5, 5.41) is 0. The van der Waals surface area contributed by atoms with Crippen molar-refractivity contribution in [3.8, 4) is 5.75 Å². The second kappa shape index (κ2) is 6.12. The van der Waals surface area contributed by atoms with Gasteiger partial charge in [0.1, 0.15) is 5.75 Å². The van der Waals surface area contributed by atoms with Crippen LogP contribution in [-0.2, 0) is 10.6 Å². The van der Waals surface area contributed by atoms with Gasteiger partial charge in [0.25, 0.3) is 0 Å². The summed E-state index contributed by atoms with van der Waals surface area (Å²) in [6.07, 6.45) is 0.847. The molecule has 0 bridgehead atoms. The third-order valence-corrected chi connectivity index (χ3v) is 2.92. The van der Waals surface area contributed by atoms with Gasteiger partial charge in [-0.25, -0.2) is 0 Å². The Bertz CT molecular complexity index is 323. The van der Waals surface area contributed by atoms with E-state index in [0.717, 1.165) is 17.7 Å². The minimum absolute atomic E-state index is 0.143. The normalized spacial score (nSPS) is 11.5. The van der Waals surface area contributed by atoms with Crippen LogP contribution >= 0.6 is 11.6 Å². The highest BCUT2D eigenvalue weighted by Gasteiger charge is 2.16. The van der Waals surface area contributed by atoms with E-state index in [1.165, 1.54) is 0 Å². The van der Waals surface area contributed by atoms with Crippen LogP contribution in [0.2, 0.25) is 0 Å². The molecule has 0 spiro atoms. The Hall–Kier alpha value is -0.730. The molecule has 0 aromatic heterocycles. The molecule has 1 aromatic carbocycles. The van der Waals surface area contributed by atoms with Gasteiger partial charge in [0.15, 0.2) is 0 Å². The molecule has 0 aliphatic carbocycles. The van der Waals surface area contributed by atoms with E-state index in [1.54, 1.807) is 7.11 Å². The Morgan fingerprint density at radius 2 is 1.94 bits per heavy atom. The van der Waals surface area contributed by atoms with E-state index in [-0.39, 0.29) is 5.60 Å². The van der Waals surface area contributed by atoms with Crippen molar-refractivity contribution in [2.75, 3.05) is 13.7 Å². The first kappa shape index (κ1) is 13.3. The van der Waals surface area contributed by atoms with Crippen molar-refractivity contribution in [1.29, 1.82) is 0 Å². The molecule has 16 heavy (non-hydrogen) atoms. The van der Waals surface area contributed by atoms with Crippen LogP contribution in [0.3, 0.4) is 0 Å². The van der Waals surface area contributed by atoms with Crippen molar-refractivity contribution in [2.45, 2.75) is 31.7 Å². The number of alkyl halides is 1. The predicted octanol–water partition coefficient (Wildman–Crippen LogP) is 3.62. The summed E-state index contributed by atoms with van der Waals surface area (Å²) in [7, 11) is 1.71. The van der Waals surface area contributed by atoms with Gasteiger partial charge < -0.3 is 9.47 Å². The minimum atomic E-state index is -0.143. The topological polar surface area (TPSA) is 18.5 Å². The molecule has 0 fully saturated rings. The number of benzene rings is 1. The van der Waals surface area contributed by atoms with E-state index in [4.69, 9.17) is 21.1 Å². The number of hydrogen-bond donors (Lipinski definition) is 0. The lowest BCUT2D eigenvalue weighted by Gasteiger charge is -2.22. The lowest BCUT2D eigenvalue weighted by atomic mass is 10.1. The minimum Gasteiger partial charge on any atom is -0.493 e. The average Bonchev–Trinajstić information content (AvgIpc) is 2.29. The number of para-hydroxylation sites is 1. The van der Waals surface area contributed by atoms with Crippen LogP contribution in [0, 0.1) is 0 Å². The monoisotopic (exact) mass is 242 g/mol. The fourth-order valence-electron chi connectivity index (χ4n) is 1.26. The maximum atomic E-state index is 5.82. The van der Waals surface area contributed by atoms with Gasteiger partial charge >= 0.3 is 0 Å². The van der Waals surface area contributed by atoms with E-state index < -0.39 is 0 Å². The Morgan fingerprint density at radius 3 is 2.56 bits per heavy atom. The predicted molar refractivity (Wildman–Crippen MR) is 67.2 cm³/mol. The molecule has 0 atom stereocenters. The van der Waals surface area contributed by atoms with Crippen molar-refractivity contribution in [1.82, 2.24) is 0 Å². The van der Waals surface area contributed by atoms with Crippen molar-refractivity contribution in [2.24, 2.45) is 0 Å². The van der Waals surface area contributed by atoms with E-state index in [0.29, 0.717) is 12.5 Å². The number of rotatable bonds is 6. The zero-order valence-electron chi connectivity index (χ0n) is 10.1. The van der Waals surface area contributed by atoms with Gasteiger partial charge in [-0.15, -0.1) is 11.6 Å². The Labute approximate surface area is 103 Å². The summed E-state index contributed by atoms with van der Waals surface area (Å²) >= 11 is 5.82. The molecule has 0 radical (unpaired) electrons. The lowest BCUT2D eigenvalue weighted by molar-refractivity contribution is 0.00539. The summed E-state index contributed by atoms with van der Waals surface area (Å²) in [5.41, 5.74) is 0.884. The molecule has 2 nitrogen and oxygen atoms in total. The van der Waals surface area contributed by atoms with E-state index in [9.17, 15) is 0 Å². The summed E-state index contributed by atoms with van der Waals surface area (Å²) in [6, 6.07) is 7.83. The van der Waals surface area contributed by atoms with E-state index in [2.05, 4.69) is 0 Å². The van der Waals surface area contributed by atoms with Crippen LogP contribution in [0.25, 0.3) is 0 Å². The highest BCUT2D eigenvalue weighted by Crippen LogP contribution is 2.21. The first-order valence-electron chi connectivity index (χ1n) is 5.41. The number of halogens is 1. The summed E-state index contributed by atoms with van der Waals surface area (Å²) in [6.45, 7) is 4.72. The molecule has 90 valence electrons. The van der Waals surface area contributed by atoms with Gasteiger partial charge in [-0.05, 0) is 19.9 Å². The zero-order chi connectivity index (χ0) is 12.0. The molecule has 0 aliphatic rings. The molecule has 0 N–H and O–H groups in total. The smallest absolute Gasteiger partial charge is 0.123 e. The Balaban J connectivity index is 2.49. The van der Waals surface area contributed by atoms with Crippen LogP contribution in [0.15, 0.2) is 24.3 Å². The molecule has 1 rings (SSSR count). The van der Waals surface area contributed by atoms with Gasteiger partial charge in [-0.3, -0.25) is 0 Å². The van der Waals surface area contributed by atoms with Gasteiger partial charge in [0, 0.05) is 19.1 Å². The fraction of sp³-hybridized carbons (Fsp3) is 0.538. The zero-order valence-corrected chi connectivity index (χ0v) is 10.9. The molecule has 0 unspecified atom stereocenters. The highest BCUT2D eigenvalue weighted by molar-refractivity contribution is 6.17. The molecule has 1 aromatic rings. The number of ether oxygens (including phenoxy) is 2. The van der Waals surface area contributed by atoms with Crippen molar-refractivity contribution in [3.63, 3.8) is 0 Å². The van der Waals surface area contributed by atoms with E-state index >= 15 is 0 Å². The second-order valence-electron chi connectivity index (χ2n) is 4.30. The number of methoxy groups -OCH3 is 1. The first-order valence-corrected chi connectivity index (χ1v) is 5.94. The molecule has 3 heteroatoms. The van der Waals surface area contributed by atoms with Gasteiger partial charge in [-0.2, -0.15) is 0 Å². The van der Waals surface area contributed by atoms with Gasteiger partial charge in [0.2, 0.25) is 0 Å². The Kier molecular flexibility index (Phi) is 5.10. The molecular weight excluding hydrogens is 224 g/mol. The molecule has 0 saturated carbocycles. The average molecular weight is 243 g/mol. The molecular formula is C13H19ClO2. The van der Waals surface area contributed by atoms with Crippen LogP contribution in [0.4, 0.5) is 0 Å². The molecule has 0 aliphatic heterocycles. The van der Waals surface area contributed by atoms with Crippen LogP contribution in [0.5, 0.6) is 5.75 Å². The van der Waals surface area contributed by atoms with Gasteiger partial charge in [-0.1, -0.05) is 18.2 Å². The molecule has 0 saturated heterocycles. The maximum Gasteiger partial charge on any atom is 0.123 e. The second-order valence-corrected chi connectivity index (χ2v) is 4.57. The van der Waals surface area contributed by atoms with Crippen LogP contribution in [0.1, 0.15) is 25.8 Å². The SMILES string of the molecule is COC(C)(C)CCOc1ccccc1CCl. The summed E-state index contributed by atoms with van der Waals surface area (Å²) < 4.78 is 11.0. The fourth-order valence-corrected chi connectivity index (χ4v) is 1.48. The quantitative estimate of drug-likeness (QED) is 0.710. The summed E-state index contributed by atoms with van der Waals surface area (Å²) in [5.74, 6) is 1.34. The van der Waals surface area contributed by atoms with Crippen molar-refractivity contribution >= 4 is 11.6 Å². The van der Waals surface area contributed by atoms with E-state index in [1.807, 2.05) is 38.1 Å². The lowest BCUT2D eigenvalue weighted by Crippen LogP contribution is -2.25. The standard InChI is InChI=1S/C13H19ClO2/c1-13(2,15-3)8-9-16-12-7-5-4-6-11(12)10-14/h4-7H,8-10H2,1-3H3. The Morgan fingerprint density at radius 1 is 1.25 bits per heavy atom. The highest BCUT2D eigenvalue weighted by atomic mass is 35.5.